The van der Waals surface area contributed by atoms with Gasteiger partial charge in [0.15, 0.2) is 0 Å². The first kappa shape index (κ1) is 18.7. The highest BCUT2D eigenvalue weighted by Gasteiger charge is 2.42. The van der Waals surface area contributed by atoms with Gasteiger partial charge in [-0.15, -0.1) is 11.3 Å². The number of hydrogen-bond donors (Lipinski definition) is 2. The summed E-state index contributed by atoms with van der Waals surface area (Å²) in [6, 6.07) is 4.83. The molecule has 0 fully saturated rings. The van der Waals surface area contributed by atoms with Crippen molar-refractivity contribution in [3.8, 4) is 6.07 Å². The maximum Gasteiger partial charge on any atom is 0.275 e. The lowest BCUT2D eigenvalue weighted by atomic mass is 10.1. The minimum atomic E-state index is -3.61. The highest BCUT2D eigenvalue weighted by Crippen LogP contribution is 2.34. The van der Waals surface area contributed by atoms with Crippen LogP contribution in [-0.2, 0) is 15.6 Å². The predicted molar refractivity (Wildman–Crippen MR) is 99.5 cm³/mol. The summed E-state index contributed by atoms with van der Waals surface area (Å²) in [5.41, 5.74) is 5.05. The number of sulfonamides is 1. The molecule has 0 aromatic carbocycles. The second kappa shape index (κ2) is 6.60. The van der Waals surface area contributed by atoms with Crippen molar-refractivity contribution in [3.63, 3.8) is 0 Å². The topological polar surface area (TPSA) is 154 Å². The van der Waals surface area contributed by atoms with Crippen LogP contribution < -0.4 is 11.1 Å². The smallest absolute Gasteiger partial charge is 0.275 e. The normalized spacial score (nSPS) is 21.2. The maximum atomic E-state index is 12.2. The van der Waals surface area contributed by atoms with Crippen LogP contribution in [0.2, 0.25) is 0 Å². The van der Waals surface area contributed by atoms with E-state index in [1.807, 2.05) is 6.07 Å². The molecule has 1 aliphatic rings. The number of rotatable bonds is 3. The maximum absolute atomic E-state index is 12.2. The molecule has 0 saturated heterocycles. The molecule has 3 N–H and O–H groups in total. The van der Waals surface area contributed by atoms with Crippen molar-refractivity contribution in [2.24, 2.45) is 10.7 Å². The number of guanidine groups is 1. The molecular formula is C15H15N7O3S2. The van der Waals surface area contributed by atoms with Crippen LogP contribution in [0.4, 0.5) is 5.82 Å². The zero-order valence-corrected chi connectivity index (χ0v) is 16.0. The number of nitrogens with one attached hydrogen (secondary N) is 1. The Balaban J connectivity index is 1.82. The standard InChI is InChI=1S/C15H15N7O3S2/c1-15(8-27(24,25)22(2)14(17)21-15)13-20-11(7-26-13)19-12(23)10-4-3-9(5-16)6-18-10/h3-4,6-7H,8H2,1-2H3,(H2,17,21)(H,19,23)/t15-/m0/s1. The third-order valence-corrected chi connectivity index (χ3v) is 6.94. The van der Waals surface area contributed by atoms with Crippen LogP contribution in [0.5, 0.6) is 0 Å². The van der Waals surface area contributed by atoms with Crippen LogP contribution in [0.25, 0.3) is 0 Å². The van der Waals surface area contributed by atoms with Crippen molar-refractivity contribution < 1.29 is 13.2 Å². The number of amides is 1. The van der Waals surface area contributed by atoms with Gasteiger partial charge in [0, 0.05) is 18.6 Å². The molecule has 1 atom stereocenters. The van der Waals surface area contributed by atoms with Crippen molar-refractivity contribution in [1.82, 2.24) is 14.3 Å². The third kappa shape index (κ3) is 3.60. The summed E-state index contributed by atoms with van der Waals surface area (Å²) in [7, 11) is -2.27. The zero-order chi connectivity index (χ0) is 19.8. The molecule has 0 saturated carbocycles. The van der Waals surface area contributed by atoms with Gasteiger partial charge in [0.05, 0.1) is 5.56 Å². The van der Waals surface area contributed by atoms with Crippen LogP contribution in [-0.4, -0.2) is 47.4 Å². The first-order valence-corrected chi connectivity index (χ1v) is 10.1. The number of thiazole rings is 1. The van der Waals surface area contributed by atoms with Gasteiger partial charge in [-0.3, -0.25) is 4.79 Å². The van der Waals surface area contributed by atoms with Gasteiger partial charge < -0.3 is 11.1 Å². The molecule has 2 aromatic heterocycles. The highest BCUT2D eigenvalue weighted by molar-refractivity contribution is 7.89. The minimum Gasteiger partial charge on any atom is -0.369 e. The number of anilines is 1. The molecule has 12 heteroatoms. The molecule has 0 aliphatic carbocycles. The molecule has 0 spiro atoms. The lowest BCUT2D eigenvalue weighted by Gasteiger charge is -2.32. The van der Waals surface area contributed by atoms with Crippen molar-refractivity contribution >= 4 is 39.0 Å². The van der Waals surface area contributed by atoms with Gasteiger partial charge in [-0.25, -0.2) is 27.7 Å². The molecule has 1 aliphatic heterocycles. The Morgan fingerprint density at radius 3 is 2.81 bits per heavy atom. The Hall–Kier alpha value is -3.04. The van der Waals surface area contributed by atoms with E-state index in [1.54, 1.807) is 12.3 Å². The van der Waals surface area contributed by atoms with Crippen LogP contribution in [0.3, 0.4) is 0 Å². The van der Waals surface area contributed by atoms with Crippen molar-refractivity contribution in [3.05, 3.63) is 40.0 Å². The number of aliphatic imine (C=N–C) groups is 1. The molecule has 10 nitrogen and oxygen atoms in total. The quantitative estimate of drug-likeness (QED) is 0.752. The Morgan fingerprint density at radius 2 is 2.22 bits per heavy atom. The second-order valence-corrected chi connectivity index (χ2v) is 8.86. The van der Waals surface area contributed by atoms with E-state index >= 15 is 0 Å². The van der Waals surface area contributed by atoms with E-state index in [-0.39, 0.29) is 23.2 Å². The molecule has 140 valence electrons. The SMILES string of the molecule is CN1C(N)=N[C@](C)(c2nc(NC(=O)c3ccc(C#N)cn3)cs2)CS1(=O)=O. The average Bonchev–Trinajstić information content (AvgIpc) is 3.09. The van der Waals surface area contributed by atoms with E-state index in [0.717, 1.165) is 4.31 Å². The molecule has 27 heavy (non-hydrogen) atoms. The summed E-state index contributed by atoms with van der Waals surface area (Å²) in [6.07, 6.45) is 1.29. The Morgan fingerprint density at radius 1 is 1.48 bits per heavy atom. The van der Waals surface area contributed by atoms with Crippen LogP contribution in [0, 0.1) is 11.3 Å². The van der Waals surface area contributed by atoms with Crippen LogP contribution in [0.15, 0.2) is 28.7 Å². The van der Waals surface area contributed by atoms with E-state index in [9.17, 15) is 13.2 Å². The fourth-order valence-corrected chi connectivity index (χ4v) is 4.79. The van der Waals surface area contributed by atoms with E-state index in [4.69, 9.17) is 11.0 Å². The molecular weight excluding hydrogens is 390 g/mol. The number of carbonyl (C=O) groups is 1. The lowest BCUT2D eigenvalue weighted by molar-refractivity contribution is 0.102. The van der Waals surface area contributed by atoms with E-state index in [0.29, 0.717) is 10.6 Å². The lowest BCUT2D eigenvalue weighted by Crippen LogP contribution is -2.50. The van der Waals surface area contributed by atoms with Crippen molar-refractivity contribution in [1.29, 1.82) is 5.26 Å². The van der Waals surface area contributed by atoms with Crippen LogP contribution >= 0.6 is 11.3 Å². The molecule has 1 amide bonds. The number of nitrogens with zero attached hydrogens (tertiary/aromatic N) is 5. The molecule has 0 bridgehead atoms. The van der Waals surface area contributed by atoms with Gasteiger partial charge in [-0.05, 0) is 19.1 Å². The van der Waals surface area contributed by atoms with E-state index in [2.05, 4.69) is 20.3 Å². The Bertz CT molecular complexity index is 1070. The number of aromatic nitrogens is 2. The van der Waals surface area contributed by atoms with Gasteiger partial charge in [-0.2, -0.15) is 5.26 Å². The number of pyridine rings is 1. The predicted octanol–water partition coefficient (Wildman–Crippen LogP) is 0.467. The van der Waals surface area contributed by atoms with Gasteiger partial charge in [0.2, 0.25) is 16.0 Å². The van der Waals surface area contributed by atoms with Crippen LogP contribution in [0.1, 0.15) is 28.0 Å². The Labute approximate surface area is 159 Å². The highest BCUT2D eigenvalue weighted by atomic mass is 32.2. The van der Waals surface area contributed by atoms with Crippen molar-refractivity contribution in [2.75, 3.05) is 18.1 Å². The Kier molecular flexibility index (Phi) is 4.58. The summed E-state index contributed by atoms with van der Waals surface area (Å²) < 4.78 is 25.4. The van der Waals surface area contributed by atoms with Gasteiger partial charge in [0.25, 0.3) is 5.91 Å². The van der Waals surface area contributed by atoms with Crippen molar-refractivity contribution in [2.45, 2.75) is 12.5 Å². The first-order valence-electron chi connectivity index (χ1n) is 7.60. The fourth-order valence-electron chi connectivity index (χ4n) is 2.41. The number of nitriles is 1. The second-order valence-electron chi connectivity index (χ2n) is 6.00. The molecule has 3 rings (SSSR count). The van der Waals surface area contributed by atoms with Gasteiger partial charge >= 0.3 is 0 Å². The summed E-state index contributed by atoms with van der Waals surface area (Å²) in [5, 5.41) is 13.3. The monoisotopic (exact) mass is 405 g/mol. The number of hydrogen-bond acceptors (Lipinski definition) is 9. The van der Waals surface area contributed by atoms with E-state index in [1.165, 1.54) is 36.7 Å². The molecule has 0 unspecified atom stereocenters. The molecule has 2 aromatic rings. The third-order valence-electron chi connectivity index (χ3n) is 3.90. The average molecular weight is 405 g/mol. The van der Waals surface area contributed by atoms with E-state index < -0.39 is 21.5 Å². The summed E-state index contributed by atoms with van der Waals surface area (Å²) in [5.74, 6) is -0.653. The van der Waals surface area contributed by atoms with Gasteiger partial charge in [-0.1, -0.05) is 0 Å². The molecule has 3 heterocycles. The summed E-state index contributed by atoms with van der Waals surface area (Å²) in [4.78, 5) is 24.7. The fraction of sp³-hybridized carbons (Fsp3) is 0.267. The summed E-state index contributed by atoms with van der Waals surface area (Å²) >= 11 is 1.17. The first-order chi connectivity index (χ1) is 12.6. The van der Waals surface area contributed by atoms with Gasteiger partial charge in [0.1, 0.15) is 33.9 Å². The summed E-state index contributed by atoms with van der Waals surface area (Å²) in [6.45, 7) is 1.62. The zero-order valence-electron chi connectivity index (χ0n) is 14.4. The molecule has 0 radical (unpaired) electrons. The minimum absolute atomic E-state index is 0.119. The number of carbonyl (C=O) groups excluding carboxylic acids is 1. The largest absolute Gasteiger partial charge is 0.369 e. The number of nitrogens with two attached hydrogens (primary N) is 1.